The number of hydrogen-bond acceptors (Lipinski definition) is 5. The molecule has 1 aromatic rings. The summed E-state index contributed by atoms with van der Waals surface area (Å²) in [5, 5.41) is 6.20. The van der Waals surface area contributed by atoms with Crippen molar-refractivity contribution in [3.05, 3.63) is 35.4 Å². The van der Waals surface area contributed by atoms with Gasteiger partial charge in [0.1, 0.15) is 11.6 Å². The van der Waals surface area contributed by atoms with E-state index in [4.69, 9.17) is 9.57 Å². The van der Waals surface area contributed by atoms with E-state index in [1.54, 1.807) is 0 Å². The molecule has 124 valence electrons. The van der Waals surface area contributed by atoms with Gasteiger partial charge in [0, 0.05) is 25.5 Å². The Morgan fingerprint density at radius 2 is 2.22 bits per heavy atom. The first-order valence-corrected chi connectivity index (χ1v) is 7.06. The lowest BCUT2D eigenvalue weighted by molar-refractivity contribution is -0.155. The van der Waals surface area contributed by atoms with Gasteiger partial charge >= 0.3 is 5.97 Å². The van der Waals surface area contributed by atoms with Gasteiger partial charge in [-0.3, -0.25) is 4.79 Å². The molecule has 8 heteroatoms. The van der Waals surface area contributed by atoms with E-state index in [1.807, 2.05) is 0 Å². The maximum atomic E-state index is 13.6. The van der Waals surface area contributed by atoms with Crippen LogP contribution in [0.2, 0.25) is 0 Å². The van der Waals surface area contributed by atoms with Crippen LogP contribution in [-0.2, 0) is 19.2 Å². The van der Waals surface area contributed by atoms with E-state index in [2.05, 4.69) is 10.5 Å². The number of rotatable bonds is 6. The highest BCUT2D eigenvalue weighted by molar-refractivity contribution is 6.03. The van der Waals surface area contributed by atoms with Crippen molar-refractivity contribution in [3.8, 4) is 0 Å². The van der Waals surface area contributed by atoms with Gasteiger partial charge in [0.15, 0.2) is 0 Å². The maximum Gasteiger partial charge on any atom is 0.350 e. The van der Waals surface area contributed by atoms with Gasteiger partial charge in [-0.05, 0) is 24.6 Å². The molecule has 0 saturated carbocycles. The third-order valence-corrected chi connectivity index (χ3v) is 3.11. The quantitative estimate of drug-likeness (QED) is 0.635. The average Bonchev–Trinajstić information content (AvgIpc) is 2.98. The topological polar surface area (TPSA) is 77.0 Å². The fraction of sp³-hybridized carbons (Fsp3) is 0.400. The van der Waals surface area contributed by atoms with Crippen molar-refractivity contribution < 1.29 is 27.9 Å². The molecule has 2 rings (SSSR count). The van der Waals surface area contributed by atoms with Crippen molar-refractivity contribution in [1.29, 1.82) is 0 Å². The molecule has 1 heterocycles. The molecule has 1 aliphatic rings. The number of esters is 1. The monoisotopic (exact) mass is 326 g/mol. The van der Waals surface area contributed by atoms with E-state index < -0.39 is 23.7 Å². The Morgan fingerprint density at radius 3 is 2.96 bits per heavy atom. The van der Waals surface area contributed by atoms with Crippen LogP contribution in [0.25, 0.3) is 0 Å². The van der Waals surface area contributed by atoms with Gasteiger partial charge in [-0.15, -0.1) is 0 Å². The van der Waals surface area contributed by atoms with Crippen molar-refractivity contribution >= 4 is 17.6 Å². The molecule has 0 spiro atoms. The van der Waals surface area contributed by atoms with Crippen LogP contribution >= 0.6 is 0 Å². The number of halogens is 2. The standard InChI is InChI=1S/C15H16F2N2O4/c1-9(20)18-5-2-6-22-15(21)14-8-13(19-23-14)11-7-10(16)3-4-12(11)17/h3-4,7,14H,2,5-6,8H2,1H3,(H,18,20)/t14-/m1/s1. The van der Waals surface area contributed by atoms with Crippen molar-refractivity contribution in [2.75, 3.05) is 13.2 Å². The van der Waals surface area contributed by atoms with E-state index in [0.29, 0.717) is 13.0 Å². The molecule has 0 bridgehead atoms. The Bertz CT molecular complexity index is 634. The molecule has 6 nitrogen and oxygen atoms in total. The third-order valence-electron chi connectivity index (χ3n) is 3.11. The van der Waals surface area contributed by atoms with Gasteiger partial charge in [-0.25, -0.2) is 13.6 Å². The summed E-state index contributed by atoms with van der Waals surface area (Å²) in [6, 6.07) is 2.98. The fourth-order valence-electron chi connectivity index (χ4n) is 1.98. The zero-order chi connectivity index (χ0) is 16.8. The number of hydrogen-bond donors (Lipinski definition) is 1. The van der Waals surface area contributed by atoms with Crippen LogP contribution in [0.3, 0.4) is 0 Å². The number of nitrogens with zero attached hydrogens (tertiary/aromatic N) is 1. The largest absolute Gasteiger partial charge is 0.463 e. The van der Waals surface area contributed by atoms with E-state index in [-0.39, 0.29) is 30.2 Å². The molecule has 0 fully saturated rings. The fourth-order valence-corrected chi connectivity index (χ4v) is 1.98. The summed E-state index contributed by atoms with van der Waals surface area (Å²) >= 11 is 0. The first kappa shape index (κ1) is 16.9. The van der Waals surface area contributed by atoms with Crippen molar-refractivity contribution in [2.45, 2.75) is 25.9 Å². The molecular weight excluding hydrogens is 310 g/mol. The second-order valence-electron chi connectivity index (χ2n) is 4.96. The second kappa shape index (κ2) is 7.66. The molecule has 0 radical (unpaired) electrons. The Balaban J connectivity index is 1.81. The molecule has 0 unspecified atom stereocenters. The molecule has 1 atom stereocenters. The van der Waals surface area contributed by atoms with Gasteiger partial charge in [-0.1, -0.05) is 5.16 Å². The van der Waals surface area contributed by atoms with Crippen molar-refractivity contribution in [3.63, 3.8) is 0 Å². The Hall–Kier alpha value is -2.51. The predicted molar refractivity (Wildman–Crippen MR) is 76.6 cm³/mol. The minimum Gasteiger partial charge on any atom is -0.463 e. The first-order chi connectivity index (χ1) is 11.0. The van der Waals surface area contributed by atoms with Crippen LogP contribution in [0.15, 0.2) is 23.4 Å². The molecule has 0 aromatic heterocycles. The summed E-state index contributed by atoms with van der Waals surface area (Å²) in [4.78, 5) is 27.4. The van der Waals surface area contributed by atoms with Crippen LogP contribution in [-0.4, -0.2) is 36.8 Å². The summed E-state index contributed by atoms with van der Waals surface area (Å²) in [7, 11) is 0. The summed E-state index contributed by atoms with van der Waals surface area (Å²) in [5.74, 6) is -2.04. The van der Waals surface area contributed by atoms with Gasteiger partial charge in [-0.2, -0.15) is 0 Å². The highest BCUT2D eigenvalue weighted by Gasteiger charge is 2.31. The molecule has 1 amide bonds. The Morgan fingerprint density at radius 1 is 1.43 bits per heavy atom. The maximum absolute atomic E-state index is 13.6. The van der Waals surface area contributed by atoms with Gasteiger partial charge in [0.05, 0.1) is 12.3 Å². The highest BCUT2D eigenvalue weighted by Crippen LogP contribution is 2.20. The number of carbonyl (C=O) groups excluding carboxylic acids is 2. The Labute approximate surface area is 131 Å². The number of benzene rings is 1. The van der Waals surface area contributed by atoms with Crippen molar-refractivity contribution in [2.24, 2.45) is 5.16 Å². The number of oxime groups is 1. The summed E-state index contributed by atoms with van der Waals surface area (Å²) < 4.78 is 31.8. The number of amides is 1. The molecule has 0 saturated heterocycles. The van der Waals surface area contributed by atoms with E-state index in [0.717, 1.165) is 18.2 Å². The first-order valence-electron chi connectivity index (χ1n) is 7.06. The second-order valence-corrected chi connectivity index (χ2v) is 4.96. The molecular formula is C15H16F2N2O4. The molecule has 1 aliphatic heterocycles. The van der Waals surface area contributed by atoms with Crippen LogP contribution in [0.4, 0.5) is 8.78 Å². The summed E-state index contributed by atoms with van der Waals surface area (Å²) in [6.45, 7) is 1.90. The SMILES string of the molecule is CC(=O)NCCCOC(=O)[C@H]1CC(c2cc(F)ccc2F)=NO1. The zero-order valence-electron chi connectivity index (χ0n) is 12.5. The minimum atomic E-state index is -0.978. The van der Waals surface area contributed by atoms with Crippen LogP contribution < -0.4 is 5.32 Å². The van der Waals surface area contributed by atoms with Gasteiger partial charge in [0.25, 0.3) is 0 Å². The van der Waals surface area contributed by atoms with Crippen molar-refractivity contribution in [1.82, 2.24) is 5.32 Å². The Kier molecular flexibility index (Phi) is 5.61. The third kappa shape index (κ3) is 4.73. The minimum absolute atomic E-state index is 0.00486. The normalized spacial score (nSPS) is 16.5. The van der Waals surface area contributed by atoms with E-state index >= 15 is 0 Å². The van der Waals surface area contributed by atoms with Crippen LogP contribution in [0.5, 0.6) is 0 Å². The predicted octanol–water partition coefficient (Wildman–Crippen LogP) is 1.53. The lowest BCUT2D eigenvalue weighted by Gasteiger charge is -2.09. The molecule has 1 N–H and O–H groups in total. The van der Waals surface area contributed by atoms with E-state index in [9.17, 15) is 18.4 Å². The lowest BCUT2D eigenvalue weighted by atomic mass is 10.0. The number of ether oxygens (including phenoxy) is 1. The number of carbonyl (C=O) groups is 2. The number of nitrogens with one attached hydrogen (secondary N) is 1. The molecule has 23 heavy (non-hydrogen) atoms. The average molecular weight is 326 g/mol. The van der Waals surface area contributed by atoms with Crippen LogP contribution in [0.1, 0.15) is 25.3 Å². The molecule has 0 aliphatic carbocycles. The van der Waals surface area contributed by atoms with E-state index in [1.165, 1.54) is 6.92 Å². The summed E-state index contributed by atoms with van der Waals surface area (Å²) in [6.07, 6.45) is -0.511. The lowest BCUT2D eigenvalue weighted by Crippen LogP contribution is -2.26. The highest BCUT2D eigenvalue weighted by atomic mass is 19.1. The van der Waals surface area contributed by atoms with Gasteiger partial charge in [0.2, 0.25) is 12.0 Å². The molecule has 1 aromatic carbocycles. The zero-order valence-corrected chi connectivity index (χ0v) is 12.5. The van der Waals surface area contributed by atoms with Gasteiger partial charge < -0.3 is 14.9 Å². The smallest absolute Gasteiger partial charge is 0.350 e. The van der Waals surface area contributed by atoms with Crippen LogP contribution in [0, 0.1) is 11.6 Å². The summed E-state index contributed by atoms with van der Waals surface area (Å²) in [5.41, 5.74) is 0.119.